The molecule has 1 aromatic carbocycles. The van der Waals surface area contributed by atoms with Gasteiger partial charge in [-0.25, -0.2) is 14.2 Å². The number of fused-ring (bicyclic) bond motifs is 1. The first-order chi connectivity index (χ1) is 7.86. The van der Waals surface area contributed by atoms with E-state index >= 15 is 0 Å². The molecule has 0 saturated heterocycles. The maximum Gasteiger partial charge on any atom is 0.357 e. The van der Waals surface area contributed by atoms with E-state index in [-0.39, 0.29) is 5.69 Å². The van der Waals surface area contributed by atoms with Gasteiger partial charge in [0.05, 0.1) is 5.69 Å². The minimum atomic E-state index is -0.284. The molecule has 0 fully saturated rings. The fourth-order valence-corrected chi connectivity index (χ4v) is 1.48. The number of nitrogens with zero attached hydrogens (tertiary/aromatic N) is 5. The lowest BCUT2D eigenvalue weighted by atomic mass is 10.3. The molecule has 16 heavy (non-hydrogen) atoms. The Morgan fingerprint density at radius 3 is 2.75 bits per heavy atom. The van der Waals surface area contributed by atoms with Gasteiger partial charge in [0.25, 0.3) is 5.78 Å². The Kier molecular flexibility index (Phi) is 1.79. The van der Waals surface area contributed by atoms with Gasteiger partial charge in [0, 0.05) is 12.4 Å². The summed E-state index contributed by atoms with van der Waals surface area (Å²) < 4.78 is 2.58. The highest BCUT2D eigenvalue weighted by molar-refractivity contribution is 5.30. The summed E-state index contributed by atoms with van der Waals surface area (Å²) in [5.41, 5.74) is 0.393. The van der Waals surface area contributed by atoms with Crippen molar-refractivity contribution in [2.24, 2.45) is 0 Å². The van der Waals surface area contributed by atoms with Crippen LogP contribution in [0.3, 0.4) is 0 Å². The average Bonchev–Trinajstić information content (AvgIpc) is 2.80. The molecule has 0 spiro atoms. The normalized spacial score (nSPS) is 10.8. The maximum absolute atomic E-state index is 12.0. The summed E-state index contributed by atoms with van der Waals surface area (Å²) in [5, 5.41) is 7.66. The van der Waals surface area contributed by atoms with Gasteiger partial charge in [0.15, 0.2) is 0 Å². The van der Waals surface area contributed by atoms with E-state index in [0.717, 1.165) is 0 Å². The van der Waals surface area contributed by atoms with E-state index in [4.69, 9.17) is 0 Å². The number of hydrogen-bond donors (Lipinski definition) is 0. The average molecular weight is 213 g/mol. The van der Waals surface area contributed by atoms with Gasteiger partial charge in [-0.2, -0.15) is 4.68 Å². The van der Waals surface area contributed by atoms with Crippen LogP contribution < -0.4 is 5.69 Å². The lowest BCUT2D eigenvalue weighted by Gasteiger charge is -2.02. The highest BCUT2D eigenvalue weighted by Gasteiger charge is 2.05. The summed E-state index contributed by atoms with van der Waals surface area (Å²) in [6.07, 6.45) is 3.08. The van der Waals surface area contributed by atoms with Crippen molar-refractivity contribution in [3.05, 3.63) is 53.2 Å². The van der Waals surface area contributed by atoms with Crippen LogP contribution in [-0.4, -0.2) is 24.4 Å². The van der Waals surface area contributed by atoms with Crippen molar-refractivity contribution in [2.45, 2.75) is 0 Å². The molecule has 0 aliphatic carbocycles. The van der Waals surface area contributed by atoms with Gasteiger partial charge in [-0.3, -0.25) is 0 Å². The third-order valence-electron chi connectivity index (χ3n) is 2.23. The second-order valence-corrected chi connectivity index (χ2v) is 3.22. The molecule has 0 aliphatic heterocycles. The van der Waals surface area contributed by atoms with E-state index in [1.807, 2.05) is 18.2 Å². The first-order valence-electron chi connectivity index (χ1n) is 4.71. The SMILES string of the molecule is O=c1n(-c2ccccc2)nnc2nccn12. The first-order valence-corrected chi connectivity index (χ1v) is 4.71. The van der Waals surface area contributed by atoms with Crippen molar-refractivity contribution in [3.8, 4) is 5.69 Å². The summed E-state index contributed by atoms with van der Waals surface area (Å²) in [5.74, 6) is 0.303. The highest BCUT2D eigenvalue weighted by atomic mass is 16.2. The summed E-state index contributed by atoms with van der Waals surface area (Å²) in [4.78, 5) is 15.9. The van der Waals surface area contributed by atoms with E-state index in [0.29, 0.717) is 11.5 Å². The second kappa shape index (κ2) is 3.27. The zero-order valence-corrected chi connectivity index (χ0v) is 8.19. The lowest BCUT2D eigenvalue weighted by Crippen LogP contribution is -2.28. The number of para-hydroxylation sites is 1. The van der Waals surface area contributed by atoms with Gasteiger partial charge in [-0.15, -0.1) is 0 Å². The van der Waals surface area contributed by atoms with E-state index in [1.54, 1.807) is 18.3 Å². The molecule has 2 aromatic heterocycles. The molecule has 78 valence electrons. The van der Waals surface area contributed by atoms with Gasteiger partial charge in [-0.05, 0) is 12.1 Å². The van der Waals surface area contributed by atoms with Crippen LogP contribution in [0.15, 0.2) is 47.5 Å². The molecule has 0 unspecified atom stereocenters. The van der Waals surface area contributed by atoms with Crippen molar-refractivity contribution in [3.63, 3.8) is 0 Å². The van der Waals surface area contributed by atoms with Gasteiger partial charge >= 0.3 is 5.69 Å². The Morgan fingerprint density at radius 2 is 1.94 bits per heavy atom. The Hall–Kier alpha value is -2.50. The lowest BCUT2D eigenvalue weighted by molar-refractivity contribution is 0.672. The van der Waals surface area contributed by atoms with E-state index in [9.17, 15) is 4.79 Å². The number of rotatable bonds is 1. The summed E-state index contributed by atoms with van der Waals surface area (Å²) in [6.45, 7) is 0. The molecular formula is C10H7N5O. The molecule has 6 nitrogen and oxygen atoms in total. The van der Waals surface area contributed by atoms with Crippen LogP contribution >= 0.6 is 0 Å². The third kappa shape index (κ3) is 1.20. The molecule has 3 aromatic rings. The molecule has 0 saturated carbocycles. The van der Waals surface area contributed by atoms with Gasteiger partial charge < -0.3 is 0 Å². The zero-order valence-electron chi connectivity index (χ0n) is 8.19. The fraction of sp³-hybridized carbons (Fsp3) is 0. The molecule has 0 bridgehead atoms. The van der Waals surface area contributed by atoms with Crippen LogP contribution in [0.25, 0.3) is 11.5 Å². The van der Waals surface area contributed by atoms with Gasteiger partial charge in [0.2, 0.25) is 0 Å². The Morgan fingerprint density at radius 1 is 1.12 bits per heavy atom. The smallest absolute Gasteiger partial charge is 0.245 e. The van der Waals surface area contributed by atoms with Gasteiger partial charge in [-0.1, -0.05) is 28.5 Å². The minimum Gasteiger partial charge on any atom is -0.245 e. The molecule has 2 heterocycles. The predicted molar refractivity (Wildman–Crippen MR) is 56.4 cm³/mol. The van der Waals surface area contributed by atoms with Crippen LogP contribution in [0.4, 0.5) is 0 Å². The standard InChI is InChI=1S/C10H7N5O/c16-10-14-7-6-11-9(14)12-13-15(10)8-4-2-1-3-5-8/h1-7H. The minimum absolute atomic E-state index is 0.284. The maximum atomic E-state index is 12.0. The van der Waals surface area contributed by atoms with Crippen LogP contribution in [0.1, 0.15) is 0 Å². The van der Waals surface area contributed by atoms with E-state index in [1.165, 1.54) is 15.3 Å². The molecule has 0 N–H and O–H groups in total. The number of imidazole rings is 1. The number of benzene rings is 1. The third-order valence-corrected chi connectivity index (χ3v) is 2.23. The van der Waals surface area contributed by atoms with Crippen molar-refractivity contribution in [1.29, 1.82) is 0 Å². The zero-order chi connectivity index (χ0) is 11.0. The quantitative estimate of drug-likeness (QED) is 0.582. The molecule has 0 radical (unpaired) electrons. The van der Waals surface area contributed by atoms with Crippen molar-refractivity contribution in [2.75, 3.05) is 0 Å². The monoisotopic (exact) mass is 213 g/mol. The number of hydrogen-bond acceptors (Lipinski definition) is 4. The van der Waals surface area contributed by atoms with Crippen molar-refractivity contribution < 1.29 is 0 Å². The summed E-state index contributed by atoms with van der Waals surface area (Å²) in [6, 6.07) is 9.12. The number of aromatic nitrogens is 5. The summed E-state index contributed by atoms with van der Waals surface area (Å²) >= 11 is 0. The first kappa shape index (κ1) is 8.78. The van der Waals surface area contributed by atoms with Crippen molar-refractivity contribution in [1.82, 2.24) is 24.4 Å². The van der Waals surface area contributed by atoms with Crippen LogP contribution in [0.5, 0.6) is 0 Å². The van der Waals surface area contributed by atoms with Gasteiger partial charge in [0.1, 0.15) is 0 Å². The Balaban J connectivity index is 2.33. The molecule has 0 aliphatic rings. The Bertz CT molecular complexity index is 685. The molecule has 0 amide bonds. The van der Waals surface area contributed by atoms with Crippen molar-refractivity contribution >= 4 is 5.78 Å². The van der Waals surface area contributed by atoms with Crippen LogP contribution in [0.2, 0.25) is 0 Å². The van der Waals surface area contributed by atoms with Crippen LogP contribution in [0, 0.1) is 0 Å². The van der Waals surface area contributed by atoms with E-state index in [2.05, 4.69) is 15.3 Å². The second-order valence-electron chi connectivity index (χ2n) is 3.22. The van der Waals surface area contributed by atoms with Crippen LogP contribution in [-0.2, 0) is 0 Å². The molecule has 6 heteroatoms. The van der Waals surface area contributed by atoms with E-state index < -0.39 is 0 Å². The predicted octanol–water partition coefficient (Wildman–Crippen LogP) is 0.275. The largest absolute Gasteiger partial charge is 0.357 e. The highest BCUT2D eigenvalue weighted by Crippen LogP contribution is 2.00. The molecule has 0 atom stereocenters. The fourth-order valence-electron chi connectivity index (χ4n) is 1.48. The topological polar surface area (TPSA) is 65.1 Å². The summed E-state index contributed by atoms with van der Waals surface area (Å²) in [7, 11) is 0. The Labute approximate surface area is 89.8 Å². The molecular weight excluding hydrogens is 206 g/mol. The molecule has 3 rings (SSSR count).